The normalized spacial score (nSPS) is 19.5. The van der Waals surface area contributed by atoms with Crippen LogP contribution in [0.3, 0.4) is 0 Å². The molecular weight excluding hydrogens is 464 g/mol. The lowest BCUT2D eigenvalue weighted by Gasteiger charge is -2.34. The quantitative estimate of drug-likeness (QED) is 0.522. The van der Waals surface area contributed by atoms with Crippen LogP contribution >= 0.6 is 11.6 Å². The second-order valence-electron chi connectivity index (χ2n) is 8.78. The van der Waals surface area contributed by atoms with E-state index >= 15 is 0 Å². The number of nitrogens with zero attached hydrogens (tertiary/aromatic N) is 1. The molecule has 1 aromatic heterocycles. The molecule has 2 atom stereocenters. The lowest BCUT2D eigenvalue weighted by Crippen LogP contribution is -2.42. The number of rotatable bonds is 5. The molecule has 0 aliphatic carbocycles. The van der Waals surface area contributed by atoms with Crippen LogP contribution in [0.25, 0.3) is 11.0 Å². The second kappa shape index (κ2) is 9.00. The molecule has 0 unspecified atom stereocenters. The number of nitrogens with one attached hydrogen (secondary N) is 1. The zero-order chi connectivity index (χ0) is 23.9. The number of sulfonamides is 1. The third-order valence-corrected chi connectivity index (χ3v) is 8.06. The SMILES string of the molecule is COc1ccc(Cl)cc1NC(=O)c1oc2ccc(S(=O)(=O)N3C[C@H](C)C[C@@H](C)C3)cc2c1C. The lowest BCUT2D eigenvalue weighted by molar-refractivity contribution is 0.0997. The van der Waals surface area contributed by atoms with Crippen LogP contribution in [0.1, 0.15) is 36.4 Å². The highest BCUT2D eigenvalue weighted by molar-refractivity contribution is 7.89. The summed E-state index contributed by atoms with van der Waals surface area (Å²) in [6.45, 7) is 6.88. The van der Waals surface area contributed by atoms with Crippen molar-refractivity contribution in [1.82, 2.24) is 4.31 Å². The fraction of sp³-hybridized carbons (Fsp3) is 0.375. The van der Waals surface area contributed by atoms with Gasteiger partial charge in [-0.3, -0.25) is 4.79 Å². The Labute approximate surface area is 198 Å². The second-order valence-corrected chi connectivity index (χ2v) is 11.2. The zero-order valence-corrected chi connectivity index (χ0v) is 20.6. The van der Waals surface area contributed by atoms with E-state index in [-0.39, 0.29) is 10.7 Å². The van der Waals surface area contributed by atoms with Crippen LogP contribution in [-0.4, -0.2) is 38.8 Å². The van der Waals surface area contributed by atoms with E-state index in [9.17, 15) is 13.2 Å². The van der Waals surface area contributed by atoms with Gasteiger partial charge in [0.1, 0.15) is 11.3 Å². The molecule has 2 aromatic carbocycles. The van der Waals surface area contributed by atoms with Gasteiger partial charge >= 0.3 is 0 Å². The van der Waals surface area contributed by atoms with Crippen molar-refractivity contribution in [2.75, 3.05) is 25.5 Å². The minimum atomic E-state index is -3.65. The van der Waals surface area contributed by atoms with Gasteiger partial charge in [0.2, 0.25) is 10.0 Å². The smallest absolute Gasteiger partial charge is 0.291 e. The van der Waals surface area contributed by atoms with Crippen molar-refractivity contribution in [3.05, 3.63) is 52.7 Å². The number of anilines is 1. The van der Waals surface area contributed by atoms with Gasteiger partial charge in [-0.25, -0.2) is 8.42 Å². The molecule has 0 radical (unpaired) electrons. The predicted molar refractivity (Wildman–Crippen MR) is 129 cm³/mol. The van der Waals surface area contributed by atoms with E-state index in [2.05, 4.69) is 19.2 Å². The van der Waals surface area contributed by atoms with Crippen molar-refractivity contribution in [2.45, 2.75) is 32.1 Å². The van der Waals surface area contributed by atoms with Gasteiger partial charge < -0.3 is 14.5 Å². The van der Waals surface area contributed by atoms with Crippen molar-refractivity contribution >= 4 is 44.2 Å². The van der Waals surface area contributed by atoms with E-state index in [4.69, 9.17) is 20.8 Å². The molecule has 9 heteroatoms. The summed E-state index contributed by atoms with van der Waals surface area (Å²) in [4.78, 5) is 13.2. The Hall–Kier alpha value is -2.55. The molecule has 176 valence electrons. The average molecular weight is 491 g/mol. The van der Waals surface area contributed by atoms with Gasteiger partial charge in [0.15, 0.2) is 5.76 Å². The minimum absolute atomic E-state index is 0.0989. The summed E-state index contributed by atoms with van der Waals surface area (Å²) in [5.74, 6) is 0.692. The van der Waals surface area contributed by atoms with E-state index in [1.54, 1.807) is 41.6 Å². The number of carbonyl (C=O) groups excluding carboxylic acids is 1. The van der Waals surface area contributed by atoms with Crippen LogP contribution in [0.4, 0.5) is 5.69 Å². The first-order valence-corrected chi connectivity index (χ1v) is 12.6. The summed E-state index contributed by atoms with van der Waals surface area (Å²) < 4.78 is 39.2. The van der Waals surface area contributed by atoms with Gasteiger partial charge in [-0.1, -0.05) is 25.4 Å². The van der Waals surface area contributed by atoms with Crippen molar-refractivity contribution in [3.63, 3.8) is 0 Å². The van der Waals surface area contributed by atoms with E-state index < -0.39 is 15.9 Å². The molecule has 4 rings (SSSR count). The van der Waals surface area contributed by atoms with E-state index in [0.29, 0.717) is 57.9 Å². The summed E-state index contributed by atoms with van der Waals surface area (Å²) in [5, 5.41) is 3.79. The Kier molecular flexibility index (Phi) is 6.44. The molecule has 3 aromatic rings. The lowest BCUT2D eigenvalue weighted by atomic mass is 9.94. The Balaban J connectivity index is 1.66. The van der Waals surface area contributed by atoms with Crippen LogP contribution in [0, 0.1) is 18.8 Å². The first kappa shape index (κ1) is 23.6. The maximum absolute atomic E-state index is 13.3. The van der Waals surface area contributed by atoms with Gasteiger partial charge in [-0.2, -0.15) is 4.31 Å². The summed E-state index contributed by atoms with van der Waals surface area (Å²) in [5.41, 5.74) is 1.41. The van der Waals surface area contributed by atoms with Crippen molar-refractivity contribution in [3.8, 4) is 5.75 Å². The predicted octanol–water partition coefficient (Wildman–Crippen LogP) is 5.32. The fourth-order valence-corrected chi connectivity index (χ4v) is 6.36. The van der Waals surface area contributed by atoms with Gasteiger partial charge in [-0.15, -0.1) is 0 Å². The van der Waals surface area contributed by atoms with E-state index in [1.807, 2.05) is 0 Å². The number of furan rings is 1. The van der Waals surface area contributed by atoms with Crippen LogP contribution in [0.15, 0.2) is 45.7 Å². The molecule has 1 amide bonds. The largest absolute Gasteiger partial charge is 0.495 e. The number of carbonyl (C=O) groups is 1. The van der Waals surface area contributed by atoms with Crippen molar-refractivity contribution < 1.29 is 22.4 Å². The molecule has 1 fully saturated rings. The molecule has 1 aliphatic heterocycles. The van der Waals surface area contributed by atoms with Crippen LogP contribution < -0.4 is 10.1 Å². The number of methoxy groups -OCH3 is 1. The Bertz CT molecular complexity index is 1310. The molecule has 7 nitrogen and oxygen atoms in total. The fourth-order valence-electron chi connectivity index (χ4n) is 4.49. The molecule has 1 N–H and O–H groups in total. The monoisotopic (exact) mass is 490 g/mol. The number of halogens is 1. The molecule has 2 heterocycles. The number of hydrogen-bond donors (Lipinski definition) is 1. The average Bonchev–Trinajstić information content (AvgIpc) is 3.09. The van der Waals surface area contributed by atoms with Crippen LogP contribution in [0.2, 0.25) is 5.02 Å². The summed E-state index contributed by atoms with van der Waals surface area (Å²) >= 11 is 6.05. The standard InChI is InChI=1S/C24H27ClN2O5S/c1-14-9-15(2)13-27(12-14)33(29,30)18-6-8-21-19(11-18)16(3)23(32-21)24(28)26-20-10-17(25)5-7-22(20)31-4/h5-8,10-11,14-15H,9,12-13H2,1-4H3,(H,26,28)/t14-,15-/m1/s1. The van der Waals surface area contributed by atoms with Crippen LogP contribution in [-0.2, 0) is 10.0 Å². The highest BCUT2D eigenvalue weighted by Crippen LogP contribution is 2.33. The minimum Gasteiger partial charge on any atom is -0.495 e. The molecule has 0 bridgehead atoms. The summed E-state index contributed by atoms with van der Waals surface area (Å²) in [6.07, 6.45) is 1.02. The van der Waals surface area contributed by atoms with E-state index in [1.165, 1.54) is 13.2 Å². The molecule has 0 spiro atoms. The highest BCUT2D eigenvalue weighted by atomic mass is 35.5. The third-order valence-electron chi connectivity index (χ3n) is 6.00. The molecule has 33 heavy (non-hydrogen) atoms. The zero-order valence-electron chi connectivity index (χ0n) is 19.0. The van der Waals surface area contributed by atoms with Gasteiger partial charge in [0, 0.05) is 29.1 Å². The Morgan fingerprint density at radius 2 is 1.85 bits per heavy atom. The van der Waals surface area contributed by atoms with Crippen LogP contribution in [0.5, 0.6) is 5.75 Å². The van der Waals surface area contributed by atoms with Gasteiger partial charge in [0.25, 0.3) is 5.91 Å². The molecule has 0 saturated carbocycles. The van der Waals surface area contributed by atoms with Gasteiger partial charge in [0.05, 0.1) is 17.7 Å². The molecule has 1 saturated heterocycles. The first-order valence-electron chi connectivity index (χ1n) is 10.8. The van der Waals surface area contributed by atoms with E-state index in [0.717, 1.165) is 6.42 Å². The summed E-state index contributed by atoms with van der Waals surface area (Å²) in [6, 6.07) is 9.62. The molecule has 1 aliphatic rings. The number of fused-ring (bicyclic) bond motifs is 1. The summed E-state index contributed by atoms with van der Waals surface area (Å²) in [7, 11) is -2.15. The number of amides is 1. The van der Waals surface area contributed by atoms with Crippen molar-refractivity contribution in [2.24, 2.45) is 11.8 Å². The Morgan fingerprint density at radius 1 is 1.15 bits per heavy atom. The number of benzene rings is 2. The first-order chi connectivity index (χ1) is 15.6. The number of ether oxygens (including phenoxy) is 1. The third kappa shape index (κ3) is 4.60. The number of aryl methyl sites for hydroxylation is 1. The maximum atomic E-state index is 13.3. The number of piperidine rings is 1. The highest BCUT2D eigenvalue weighted by Gasteiger charge is 2.32. The van der Waals surface area contributed by atoms with Gasteiger partial charge in [-0.05, 0) is 61.6 Å². The van der Waals surface area contributed by atoms with Crippen molar-refractivity contribution in [1.29, 1.82) is 0 Å². The topological polar surface area (TPSA) is 88.8 Å². The molecular formula is C24H27ClN2O5S. The number of hydrogen-bond acceptors (Lipinski definition) is 5. The maximum Gasteiger partial charge on any atom is 0.291 e. The Morgan fingerprint density at radius 3 is 2.52 bits per heavy atom.